The molecule has 4 N–H and O–H groups in total. The van der Waals surface area contributed by atoms with Crippen LogP contribution in [0, 0.1) is 0 Å². The lowest BCUT2D eigenvalue weighted by Gasteiger charge is -2.17. The van der Waals surface area contributed by atoms with E-state index in [0.717, 1.165) is 18.7 Å². The molecular weight excluding hydrogens is 330 g/mol. The average molecular weight is 351 g/mol. The topological polar surface area (TPSA) is 119 Å². The molecular formula is C15H21N5O3S. The summed E-state index contributed by atoms with van der Waals surface area (Å²) in [5, 5.41) is 19.0. The fourth-order valence-electron chi connectivity index (χ4n) is 3.62. The molecule has 1 saturated carbocycles. The summed E-state index contributed by atoms with van der Waals surface area (Å²) in [6.45, 7) is -0.272. The van der Waals surface area contributed by atoms with Gasteiger partial charge in [0.1, 0.15) is 17.4 Å². The third kappa shape index (κ3) is 2.46. The first-order valence-electron chi connectivity index (χ1n) is 8.22. The molecule has 0 aromatic carbocycles. The van der Waals surface area contributed by atoms with Crippen LogP contribution in [0.15, 0.2) is 6.33 Å². The van der Waals surface area contributed by atoms with Crippen LogP contribution in [-0.2, 0) is 4.74 Å². The second-order valence-corrected chi connectivity index (χ2v) is 7.10. The molecule has 0 unspecified atom stereocenters. The third-order valence-corrected chi connectivity index (χ3v) is 5.54. The minimum atomic E-state index is -0.866. The number of anilines is 1. The second kappa shape index (κ2) is 6.14. The number of aromatic nitrogens is 4. The molecule has 0 bridgehead atoms. The van der Waals surface area contributed by atoms with Crippen molar-refractivity contribution in [3.05, 3.63) is 12.2 Å². The van der Waals surface area contributed by atoms with Crippen LogP contribution in [0.5, 0.6) is 0 Å². The number of hydrogen-bond donors (Lipinski definition) is 4. The highest BCUT2D eigenvalue weighted by Gasteiger charge is 2.43. The Morgan fingerprint density at radius 2 is 2.08 bits per heavy atom. The smallest absolute Gasteiger partial charge is 0.167 e. The zero-order chi connectivity index (χ0) is 16.8. The Bertz CT molecular complexity index is 748. The molecule has 3 heterocycles. The second-order valence-electron chi connectivity index (χ2n) is 6.50. The monoisotopic (exact) mass is 351 g/mol. The molecule has 24 heavy (non-hydrogen) atoms. The lowest BCUT2D eigenvalue weighted by atomic mass is 10.1. The molecule has 1 aliphatic heterocycles. The van der Waals surface area contributed by atoms with Gasteiger partial charge in [0.05, 0.1) is 24.3 Å². The highest BCUT2D eigenvalue weighted by atomic mass is 32.1. The minimum absolute atomic E-state index is 0.272. The number of aliphatic hydroxyl groups is 2. The number of nitrogens with two attached hydrogens (primary N) is 1. The van der Waals surface area contributed by atoms with Crippen LogP contribution in [0.25, 0.3) is 11.2 Å². The molecule has 2 fully saturated rings. The van der Waals surface area contributed by atoms with Gasteiger partial charge < -0.3 is 20.7 Å². The first kappa shape index (κ1) is 16.1. The number of nitrogen functional groups attached to an aromatic ring is 1. The Hall–Kier alpha value is -1.42. The zero-order valence-corrected chi connectivity index (χ0v) is 14.0. The first-order valence-corrected chi connectivity index (χ1v) is 8.74. The Balaban J connectivity index is 1.76. The summed E-state index contributed by atoms with van der Waals surface area (Å²) < 4.78 is 7.46. The molecule has 4 atom stereocenters. The van der Waals surface area contributed by atoms with Crippen molar-refractivity contribution < 1.29 is 14.9 Å². The van der Waals surface area contributed by atoms with Gasteiger partial charge in [-0.2, -0.15) is 12.6 Å². The van der Waals surface area contributed by atoms with Gasteiger partial charge in [0.15, 0.2) is 17.7 Å². The fraction of sp³-hybridized carbons (Fsp3) is 0.667. The lowest BCUT2D eigenvalue weighted by Crippen LogP contribution is -2.30. The molecule has 130 valence electrons. The van der Waals surface area contributed by atoms with E-state index in [0.29, 0.717) is 22.9 Å². The van der Waals surface area contributed by atoms with Crippen LogP contribution in [0.2, 0.25) is 0 Å². The van der Waals surface area contributed by atoms with Crippen LogP contribution in [-0.4, -0.2) is 53.8 Å². The normalized spacial score (nSPS) is 31.3. The van der Waals surface area contributed by atoms with Crippen LogP contribution in [0.4, 0.5) is 5.82 Å². The molecule has 1 saturated heterocycles. The van der Waals surface area contributed by atoms with Crippen molar-refractivity contribution in [1.82, 2.24) is 19.5 Å². The van der Waals surface area contributed by atoms with Gasteiger partial charge in [0.25, 0.3) is 0 Å². The Morgan fingerprint density at radius 3 is 2.75 bits per heavy atom. The van der Waals surface area contributed by atoms with Crippen molar-refractivity contribution in [3.63, 3.8) is 0 Å². The van der Waals surface area contributed by atoms with Gasteiger partial charge in [-0.1, -0.05) is 12.8 Å². The highest BCUT2D eigenvalue weighted by molar-refractivity contribution is 7.81. The van der Waals surface area contributed by atoms with Gasteiger partial charge in [-0.15, -0.1) is 0 Å². The molecule has 8 nitrogen and oxygen atoms in total. The molecule has 9 heteroatoms. The number of nitrogens with zero attached hydrogens (tertiary/aromatic N) is 4. The zero-order valence-electron chi connectivity index (χ0n) is 13.1. The summed E-state index contributed by atoms with van der Waals surface area (Å²) in [4.78, 5) is 13.4. The largest absolute Gasteiger partial charge is 0.394 e. The van der Waals surface area contributed by atoms with Crippen molar-refractivity contribution in [3.8, 4) is 0 Å². The molecule has 2 aromatic rings. The quantitative estimate of drug-likeness (QED) is 0.598. The van der Waals surface area contributed by atoms with E-state index >= 15 is 0 Å². The molecule has 4 rings (SSSR count). The van der Waals surface area contributed by atoms with Gasteiger partial charge in [0, 0.05) is 5.92 Å². The van der Waals surface area contributed by atoms with Gasteiger partial charge in [-0.3, -0.25) is 4.57 Å². The first-order chi connectivity index (χ1) is 11.6. The van der Waals surface area contributed by atoms with Crippen molar-refractivity contribution >= 4 is 29.6 Å². The van der Waals surface area contributed by atoms with E-state index in [1.165, 1.54) is 12.8 Å². The maximum Gasteiger partial charge on any atom is 0.167 e. The summed E-state index contributed by atoms with van der Waals surface area (Å²) in [5.74, 6) is 1.42. The highest BCUT2D eigenvalue weighted by Crippen LogP contribution is 2.37. The number of ether oxygens (including phenoxy) is 1. The lowest BCUT2D eigenvalue weighted by molar-refractivity contribution is -0.0430. The number of thiol groups is 1. The summed E-state index contributed by atoms with van der Waals surface area (Å²) in [6, 6.07) is 0. The van der Waals surface area contributed by atoms with Gasteiger partial charge in [-0.25, -0.2) is 15.0 Å². The number of hydrogen-bond acceptors (Lipinski definition) is 8. The van der Waals surface area contributed by atoms with Crippen LogP contribution < -0.4 is 5.73 Å². The van der Waals surface area contributed by atoms with E-state index < -0.39 is 23.7 Å². The molecule has 0 amide bonds. The number of rotatable bonds is 3. The predicted octanol–water partition coefficient (Wildman–Crippen LogP) is 0.615. The SMILES string of the molecule is Nc1nc(C2CCCC2)nc2c1ncn2[C@@H]1O[C@H](CO)[C@@H](O)[C@H]1S. The summed E-state index contributed by atoms with van der Waals surface area (Å²) in [7, 11) is 0. The summed E-state index contributed by atoms with van der Waals surface area (Å²) in [5.41, 5.74) is 7.17. The number of fused-ring (bicyclic) bond motifs is 1. The van der Waals surface area contributed by atoms with Crippen LogP contribution >= 0.6 is 12.6 Å². The van der Waals surface area contributed by atoms with E-state index in [1.807, 2.05) is 0 Å². The van der Waals surface area contributed by atoms with E-state index in [-0.39, 0.29) is 6.61 Å². The minimum Gasteiger partial charge on any atom is -0.394 e. The predicted molar refractivity (Wildman–Crippen MR) is 90.7 cm³/mol. The fourth-order valence-corrected chi connectivity index (χ4v) is 4.02. The van der Waals surface area contributed by atoms with Crippen molar-refractivity contribution in [2.45, 2.75) is 55.3 Å². The maximum atomic E-state index is 10.1. The van der Waals surface area contributed by atoms with Crippen LogP contribution in [0.3, 0.4) is 0 Å². The van der Waals surface area contributed by atoms with E-state index in [2.05, 4.69) is 27.6 Å². The molecule has 2 aromatic heterocycles. The van der Waals surface area contributed by atoms with Crippen molar-refractivity contribution in [1.29, 1.82) is 0 Å². The van der Waals surface area contributed by atoms with E-state index in [9.17, 15) is 10.2 Å². The Labute approximate surface area is 144 Å². The van der Waals surface area contributed by atoms with Crippen molar-refractivity contribution in [2.24, 2.45) is 0 Å². The average Bonchev–Trinajstić information content (AvgIpc) is 3.28. The molecule has 0 radical (unpaired) electrons. The molecule has 1 aliphatic carbocycles. The molecule has 2 aliphatic rings. The van der Waals surface area contributed by atoms with Crippen molar-refractivity contribution in [2.75, 3.05) is 12.3 Å². The van der Waals surface area contributed by atoms with E-state index in [4.69, 9.17) is 10.5 Å². The standard InChI is InChI=1S/C15H21N5O3S/c16-12-9-14(19-13(18-12)7-3-1-2-4-7)20(6-17-9)15-11(24)10(22)8(5-21)23-15/h6-8,10-11,15,21-22,24H,1-5H2,(H2,16,18,19)/t8-,10-,11-,15-/m1/s1. The summed E-state index contributed by atoms with van der Waals surface area (Å²) in [6.07, 6.45) is 3.96. The third-order valence-electron chi connectivity index (χ3n) is 4.98. The number of aliphatic hydroxyl groups excluding tert-OH is 2. The maximum absolute atomic E-state index is 10.1. The molecule has 0 spiro atoms. The van der Waals surface area contributed by atoms with Gasteiger partial charge in [0.2, 0.25) is 0 Å². The Kier molecular flexibility index (Phi) is 4.11. The Morgan fingerprint density at radius 1 is 1.33 bits per heavy atom. The number of imidazole rings is 1. The van der Waals surface area contributed by atoms with E-state index in [1.54, 1.807) is 10.9 Å². The van der Waals surface area contributed by atoms with Gasteiger partial charge in [-0.05, 0) is 12.8 Å². The summed E-state index contributed by atoms with van der Waals surface area (Å²) >= 11 is 4.44. The van der Waals surface area contributed by atoms with Crippen LogP contribution in [0.1, 0.15) is 43.7 Å². The van der Waals surface area contributed by atoms with Gasteiger partial charge >= 0.3 is 0 Å².